The van der Waals surface area contributed by atoms with Gasteiger partial charge in [-0.25, -0.2) is 13.6 Å². The van der Waals surface area contributed by atoms with Crippen LogP contribution < -0.4 is 14.6 Å². The maximum Gasteiger partial charge on any atom is 0.238 e. The normalized spacial score (nSPS) is 10.8. The summed E-state index contributed by atoms with van der Waals surface area (Å²) in [6, 6.07) is 12.5. The molecular formula is C15H13ClN2O4S. The van der Waals surface area contributed by atoms with Gasteiger partial charge in [0.1, 0.15) is 24.7 Å². The number of ether oxygens (including phenoxy) is 2. The molecule has 0 spiro atoms. The second kappa shape index (κ2) is 7.33. The lowest BCUT2D eigenvalue weighted by molar-refractivity contribution is 0.217. The third-order valence-corrected chi connectivity index (χ3v) is 4.05. The number of sulfonamides is 1. The minimum absolute atomic E-state index is 0.0189. The van der Waals surface area contributed by atoms with E-state index in [-0.39, 0.29) is 18.1 Å². The highest BCUT2D eigenvalue weighted by atomic mass is 35.5. The third kappa shape index (κ3) is 4.86. The zero-order valence-electron chi connectivity index (χ0n) is 11.9. The first-order chi connectivity index (χ1) is 10.9. The molecule has 2 aromatic carbocycles. The molecule has 0 amide bonds. The van der Waals surface area contributed by atoms with Gasteiger partial charge >= 0.3 is 0 Å². The first kappa shape index (κ1) is 17.1. The Morgan fingerprint density at radius 3 is 2.30 bits per heavy atom. The van der Waals surface area contributed by atoms with Crippen LogP contribution in [0, 0.1) is 11.3 Å². The molecule has 120 valence electrons. The topological polar surface area (TPSA) is 102 Å². The standard InChI is InChI=1S/C15H13ClN2O4S/c16-14-9-11(10-17)1-6-15(14)22-8-7-21-12-2-4-13(5-3-12)23(18,19)20/h1-6,9H,7-8H2,(H2,18,19,20). The molecule has 0 bridgehead atoms. The monoisotopic (exact) mass is 352 g/mol. The van der Waals surface area contributed by atoms with Crippen LogP contribution in [0.15, 0.2) is 47.4 Å². The van der Waals surface area contributed by atoms with Gasteiger partial charge in [-0.3, -0.25) is 0 Å². The lowest BCUT2D eigenvalue weighted by Gasteiger charge is -2.10. The molecule has 8 heteroatoms. The Morgan fingerprint density at radius 2 is 1.74 bits per heavy atom. The molecule has 23 heavy (non-hydrogen) atoms. The summed E-state index contributed by atoms with van der Waals surface area (Å²) in [6.45, 7) is 0.480. The molecule has 0 saturated heterocycles. The van der Waals surface area contributed by atoms with Crippen molar-refractivity contribution in [2.45, 2.75) is 4.90 Å². The molecule has 2 N–H and O–H groups in total. The van der Waals surface area contributed by atoms with Gasteiger partial charge in [-0.2, -0.15) is 5.26 Å². The number of primary sulfonamides is 1. The van der Waals surface area contributed by atoms with Crippen molar-refractivity contribution in [2.75, 3.05) is 13.2 Å². The highest BCUT2D eigenvalue weighted by Gasteiger charge is 2.07. The molecule has 0 heterocycles. The van der Waals surface area contributed by atoms with Crippen LogP contribution in [0.3, 0.4) is 0 Å². The number of halogens is 1. The second-order valence-corrected chi connectivity index (χ2v) is 6.44. The van der Waals surface area contributed by atoms with Crippen LogP contribution in [0.2, 0.25) is 5.02 Å². The number of nitrogens with two attached hydrogens (primary N) is 1. The lowest BCUT2D eigenvalue weighted by atomic mass is 10.2. The summed E-state index contributed by atoms with van der Waals surface area (Å²) in [5, 5.41) is 14.1. The molecule has 2 rings (SSSR count). The number of hydrogen-bond acceptors (Lipinski definition) is 5. The molecule has 0 fully saturated rings. The molecule has 0 aliphatic heterocycles. The van der Waals surface area contributed by atoms with Crippen LogP contribution in [-0.2, 0) is 10.0 Å². The fourth-order valence-electron chi connectivity index (χ4n) is 1.72. The third-order valence-electron chi connectivity index (χ3n) is 2.82. The minimum atomic E-state index is -3.71. The predicted molar refractivity (Wildman–Crippen MR) is 85.0 cm³/mol. The van der Waals surface area contributed by atoms with Gasteiger partial charge in [0.25, 0.3) is 0 Å². The van der Waals surface area contributed by atoms with E-state index >= 15 is 0 Å². The largest absolute Gasteiger partial charge is 0.490 e. The maximum atomic E-state index is 11.1. The Labute approximate surface area is 139 Å². The molecule has 0 unspecified atom stereocenters. The molecule has 2 aromatic rings. The van der Waals surface area contributed by atoms with Gasteiger partial charge in [0.2, 0.25) is 10.0 Å². The Balaban J connectivity index is 1.85. The van der Waals surface area contributed by atoms with Crippen molar-refractivity contribution in [1.82, 2.24) is 0 Å². The molecule has 6 nitrogen and oxygen atoms in total. The molecule has 0 aromatic heterocycles. The van der Waals surface area contributed by atoms with Crippen molar-refractivity contribution < 1.29 is 17.9 Å². The number of hydrogen-bond donors (Lipinski definition) is 1. The van der Waals surface area contributed by atoms with Crippen LogP contribution in [0.1, 0.15) is 5.56 Å². The highest BCUT2D eigenvalue weighted by molar-refractivity contribution is 7.89. The Kier molecular flexibility index (Phi) is 5.45. The number of nitriles is 1. The van der Waals surface area contributed by atoms with E-state index in [2.05, 4.69) is 0 Å². The molecular weight excluding hydrogens is 340 g/mol. The summed E-state index contributed by atoms with van der Waals surface area (Å²) < 4.78 is 33.1. The fraction of sp³-hybridized carbons (Fsp3) is 0.133. The molecule has 0 radical (unpaired) electrons. The molecule has 0 saturated carbocycles. The van der Waals surface area contributed by atoms with Gasteiger partial charge in [0, 0.05) is 0 Å². The van der Waals surface area contributed by atoms with E-state index in [1.165, 1.54) is 30.3 Å². The zero-order valence-corrected chi connectivity index (χ0v) is 13.5. The molecule has 0 atom stereocenters. The van der Waals surface area contributed by atoms with Gasteiger partial charge in [0.05, 0.1) is 21.6 Å². The van der Waals surface area contributed by atoms with E-state index in [4.69, 9.17) is 31.5 Å². The van der Waals surface area contributed by atoms with E-state index in [1.54, 1.807) is 12.1 Å². The van der Waals surface area contributed by atoms with Gasteiger partial charge in [-0.15, -0.1) is 0 Å². The van der Waals surface area contributed by atoms with Crippen molar-refractivity contribution in [3.63, 3.8) is 0 Å². The second-order valence-electron chi connectivity index (χ2n) is 4.47. The van der Waals surface area contributed by atoms with Crippen molar-refractivity contribution in [2.24, 2.45) is 5.14 Å². The lowest BCUT2D eigenvalue weighted by Crippen LogP contribution is -2.12. The summed E-state index contributed by atoms with van der Waals surface area (Å²) in [5.41, 5.74) is 0.452. The van der Waals surface area contributed by atoms with E-state index in [1.807, 2.05) is 6.07 Å². The van der Waals surface area contributed by atoms with Gasteiger partial charge in [0.15, 0.2) is 0 Å². The van der Waals surface area contributed by atoms with Crippen molar-refractivity contribution in [3.8, 4) is 17.6 Å². The summed E-state index contributed by atoms with van der Waals surface area (Å²) in [6.07, 6.45) is 0. The maximum absolute atomic E-state index is 11.1. The summed E-state index contributed by atoms with van der Waals surface area (Å²) in [7, 11) is -3.71. The van der Waals surface area contributed by atoms with Crippen LogP contribution in [0.5, 0.6) is 11.5 Å². The van der Waals surface area contributed by atoms with E-state index in [0.29, 0.717) is 22.1 Å². The SMILES string of the molecule is N#Cc1ccc(OCCOc2ccc(S(N)(=O)=O)cc2)c(Cl)c1. The number of rotatable bonds is 6. The Bertz CT molecular complexity index is 830. The van der Waals surface area contributed by atoms with E-state index in [0.717, 1.165) is 0 Å². The van der Waals surface area contributed by atoms with E-state index < -0.39 is 10.0 Å². The van der Waals surface area contributed by atoms with Crippen LogP contribution >= 0.6 is 11.6 Å². The number of benzene rings is 2. The van der Waals surface area contributed by atoms with Crippen LogP contribution in [0.4, 0.5) is 0 Å². The first-order valence-electron chi connectivity index (χ1n) is 6.48. The average molecular weight is 353 g/mol. The fourth-order valence-corrected chi connectivity index (χ4v) is 2.47. The Hall–Kier alpha value is -2.27. The van der Waals surface area contributed by atoms with Crippen molar-refractivity contribution in [3.05, 3.63) is 53.1 Å². The van der Waals surface area contributed by atoms with Gasteiger partial charge < -0.3 is 9.47 Å². The first-order valence-corrected chi connectivity index (χ1v) is 8.41. The van der Waals surface area contributed by atoms with Gasteiger partial charge in [-0.1, -0.05) is 11.6 Å². The minimum Gasteiger partial charge on any atom is -0.490 e. The summed E-state index contributed by atoms with van der Waals surface area (Å²) in [4.78, 5) is 0.0189. The number of nitrogens with zero attached hydrogens (tertiary/aromatic N) is 1. The van der Waals surface area contributed by atoms with Crippen molar-refractivity contribution >= 4 is 21.6 Å². The predicted octanol–water partition coefficient (Wildman–Crippen LogP) is 2.32. The van der Waals surface area contributed by atoms with Crippen LogP contribution in [0.25, 0.3) is 0 Å². The quantitative estimate of drug-likeness (QED) is 0.803. The molecule has 0 aliphatic carbocycles. The summed E-state index contributed by atoms with van der Waals surface area (Å²) >= 11 is 5.98. The van der Waals surface area contributed by atoms with Crippen LogP contribution in [-0.4, -0.2) is 21.6 Å². The summed E-state index contributed by atoms with van der Waals surface area (Å²) in [5.74, 6) is 0.950. The smallest absolute Gasteiger partial charge is 0.238 e. The Morgan fingerprint density at radius 1 is 1.09 bits per heavy atom. The van der Waals surface area contributed by atoms with Crippen molar-refractivity contribution in [1.29, 1.82) is 5.26 Å². The average Bonchev–Trinajstić information content (AvgIpc) is 2.52. The van der Waals surface area contributed by atoms with E-state index in [9.17, 15) is 8.42 Å². The highest BCUT2D eigenvalue weighted by Crippen LogP contribution is 2.25. The molecule has 0 aliphatic rings. The zero-order chi connectivity index (χ0) is 16.9. The van der Waals surface area contributed by atoms with Gasteiger partial charge in [-0.05, 0) is 42.5 Å².